The van der Waals surface area contributed by atoms with Crippen molar-refractivity contribution in [2.45, 2.75) is 38.3 Å². The number of hydrogen-bond donors (Lipinski definition) is 1. The average Bonchev–Trinajstić information content (AvgIpc) is 3.12. The summed E-state index contributed by atoms with van der Waals surface area (Å²) in [6.07, 6.45) is 2.03. The molecule has 2 atom stereocenters. The Morgan fingerprint density at radius 2 is 1.93 bits per heavy atom. The Morgan fingerprint density at radius 3 is 2.78 bits per heavy atom. The predicted octanol–water partition coefficient (Wildman–Crippen LogP) is 4.17. The van der Waals surface area contributed by atoms with Crippen molar-refractivity contribution in [3.05, 3.63) is 71.5 Å². The first-order valence-corrected chi connectivity index (χ1v) is 9.19. The van der Waals surface area contributed by atoms with Gasteiger partial charge in [0.25, 0.3) is 5.91 Å². The molecule has 5 heteroatoms. The smallest absolute Gasteiger partial charge is 0.375 e. The second kappa shape index (κ2) is 7.27. The third-order valence-corrected chi connectivity index (χ3v) is 4.97. The number of nitrogens with one attached hydrogen (secondary N) is 1. The number of amides is 1. The van der Waals surface area contributed by atoms with Crippen LogP contribution in [0.4, 0.5) is 0 Å². The lowest BCUT2D eigenvalue weighted by atomic mass is 9.87. The number of carbonyl (C=O) groups excluding carboxylic acids is 2. The van der Waals surface area contributed by atoms with Gasteiger partial charge in [0.1, 0.15) is 5.58 Å². The third-order valence-electron chi connectivity index (χ3n) is 4.97. The normalized spacial score (nSPS) is 17.1. The zero-order valence-corrected chi connectivity index (χ0v) is 15.1. The lowest BCUT2D eigenvalue weighted by molar-refractivity contribution is -0.130. The van der Waals surface area contributed by atoms with Crippen LogP contribution in [0.25, 0.3) is 11.0 Å². The standard InChI is InChI=1S/C22H21NO4/c1-14(26-22(25)20-13-16-8-3-5-12-19(16)27-20)21(24)23-18-11-6-9-15-7-2-4-10-17(15)18/h2-5,7-8,10,12-14,18H,6,9,11H2,1H3,(H,23,24). The zero-order chi connectivity index (χ0) is 18.8. The third kappa shape index (κ3) is 3.58. The molecule has 4 rings (SSSR count). The summed E-state index contributed by atoms with van der Waals surface area (Å²) in [4.78, 5) is 24.9. The molecule has 5 nitrogen and oxygen atoms in total. The summed E-state index contributed by atoms with van der Waals surface area (Å²) >= 11 is 0. The molecule has 2 unspecified atom stereocenters. The molecule has 0 aliphatic heterocycles. The number of esters is 1. The van der Waals surface area contributed by atoms with E-state index in [4.69, 9.17) is 9.15 Å². The van der Waals surface area contributed by atoms with Gasteiger partial charge in [-0.1, -0.05) is 42.5 Å². The first-order chi connectivity index (χ1) is 13.1. The SMILES string of the molecule is CC(OC(=O)c1cc2ccccc2o1)C(=O)NC1CCCc2ccccc21. The van der Waals surface area contributed by atoms with E-state index >= 15 is 0 Å². The zero-order valence-electron chi connectivity index (χ0n) is 15.1. The quantitative estimate of drug-likeness (QED) is 0.706. The minimum atomic E-state index is -0.903. The van der Waals surface area contributed by atoms with Gasteiger partial charge in [-0.25, -0.2) is 4.79 Å². The van der Waals surface area contributed by atoms with Gasteiger partial charge in [-0.2, -0.15) is 0 Å². The van der Waals surface area contributed by atoms with E-state index in [1.807, 2.05) is 36.4 Å². The number of fused-ring (bicyclic) bond motifs is 2. The lowest BCUT2D eigenvalue weighted by Gasteiger charge is -2.27. The minimum Gasteiger partial charge on any atom is -0.449 e. The van der Waals surface area contributed by atoms with Crippen LogP contribution in [0.15, 0.2) is 59.0 Å². The highest BCUT2D eigenvalue weighted by Crippen LogP contribution is 2.29. The van der Waals surface area contributed by atoms with Crippen molar-refractivity contribution in [3.63, 3.8) is 0 Å². The van der Waals surface area contributed by atoms with Crippen LogP contribution in [0, 0.1) is 0 Å². The van der Waals surface area contributed by atoms with Crippen LogP contribution < -0.4 is 5.32 Å². The van der Waals surface area contributed by atoms with Crippen LogP contribution in [0.1, 0.15) is 47.5 Å². The van der Waals surface area contributed by atoms with E-state index in [1.165, 1.54) is 5.56 Å². The van der Waals surface area contributed by atoms with Crippen LogP contribution in [-0.2, 0) is 16.0 Å². The van der Waals surface area contributed by atoms with Crippen molar-refractivity contribution in [1.82, 2.24) is 5.32 Å². The Morgan fingerprint density at radius 1 is 1.15 bits per heavy atom. The molecule has 1 aliphatic rings. The van der Waals surface area contributed by atoms with Gasteiger partial charge in [-0.05, 0) is 49.4 Å². The topological polar surface area (TPSA) is 68.5 Å². The molecule has 0 radical (unpaired) electrons. The summed E-state index contributed by atoms with van der Waals surface area (Å²) in [5.41, 5.74) is 3.02. The maximum absolute atomic E-state index is 12.5. The molecule has 1 aliphatic carbocycles. The molecule has 2 aromatic carbocycles. The molecular weight excluding hydrogens is 342 g/mol. The van der Waals surface area contributed by atoms with E-state index < -0.39 is 12.1 Å². The minimum absolute atomic E-state index is 0.0465. The second-order valence-electron chi connectivity index (χ2n) is 6.85. The summed E-state index contributed by atoms with van der Waals surface area (Å²) in [7, 11) is 0. The number of benzene rings is 2. The van der Waals surface area contributed by atoms with Gasteiger partial charge in [0.05, 0.1) is 6.04 Å². The summed E-state index contributed by atoms with van der Waals surface area (Å²) in [5.74, 6) is -0.849. The monoisotopic (exact) mass is 363 g/mol. The molecular formula is C22H21NO4. The molecule has 0 bridgehead atoms. The van der Waals surface area contributed by atoms with Crippen LogP contribution in [0.5, 0.6) is 0 Å². The molecule has 3 aromatic rings. The molecule has 27 heavy (non-hydrogen) atoms. The summed E-state index contributed by atoms with van der Waals surface area (Å²) in [6.45, 7) is 1.57. The maximum atomic E-state index is 12.5. The number of carbonyl (C=O) groups is 2. The Balaban J connectivity index is 1.41. The highest BCUT2D eigenvalue weighted by atomic mass is 16.6. The molecule has 138 valence electrons. The second-order valence-corrected chi connectivity index (χ2v) is 6.85. The number of para-hydroxylation sites is 1. The van der Waals surface area contributed by atoms with Gasteiger partial charge in [0, 0.05) is 5.39 Å². The molecule has 0 saturated carbocycles. The fraction of sp³-hybridized carbons (Fsp3) is 0.273. The van der Waals surface area contributed by atoms with Crippen molar-refractivity contribution < 1.29 is 18.7 Å². The highest BCUT2D eigenvalue weighted by Gasteiger charge is 2.26. The molecule has 0 saturated heterocycles. The highest BCUT2D eigenvalue weighted by molar-refractivity contribution is 5.94. The van der Waals surface area contributed by atoms with E-state index in [0.717, 1.165) is 30.2 Å². The lowest BCUT2D eigenvalue weighted by Crippen LogP contribution is -2.39. The maximum Gasteiger partial charge on any atom is 0.375 e. The van der Waals surface area contributed by atoms with Gasteiger partial charge in [0.15, 0.2) is 6.10 Å². The first-order valence-electron chi connectivity index (χ1n) is 9.19. The molecule has 1 N–H and O–H groups in total. The van der Waals surface area contributed by atoms with Crippen LogP contribution >= 0.6 is 0 Å². The molecule has 0 fully saturated rings. The molecule has 0 spiro atoms. The predicted molar refractivity (Wildman–Crippen MR) is 101 cm³/mol. The van der Waals surface area contributed by atoms with Gasteiger partial charge in [0.2, 0.25) is 5.76 Å². The average molecular weight is 363 g/mol. The Bertz CT molecular complexity index is 958. The van der Waals surface area contributed by atoms with Crippen molar-refractivity contribution in [1.29, 1.82) is 0 Å². The molecule has 1 heterocycles. The van der Waals surface area contributed by atoms with E-state index in [-0.39, 0.29) is 17.7 Å². The number of furan rings is 1. The first kappa shape index (κ1) is 17.3. The fourth-order valence-corrected chi connectivity index (χ4v) is 3.55. The van der Waals surface area contributed by atoms with Crippen LogP contribution in [0.3, 0.4) is 0 Å². The Kier molecular flexibility index (Phi) is 4.67. The molecule has 1 amide bonds. The fourth-order valence-electron chi connectivity index (χ4n) is 3.55. The van der Waals surface area contributed by atoms with Gasteiger partial charge in [-0.15, -0.1) is 0 Å². The molecule has 1 aromatic heterocycles. The number of ether oxygens (including phenoxy) is 1. The largest absolute Gasteiger partial charge is 0.449 e. The van der Waals surface area contributed by atoms with Gasteiger partial charge < -0.3 is 14.5 Å². The Hall–Kier alpha value is -3.08. The summed E-state index contributed by atoms with van der Waals surface area (Å²) < 4.78 is 10.8. The van der Waals surface area contributed by atoms with Gasteiger partial charge >= 0.3 is 5.97 Å². The number of rotatable bonds is 4. The van der Waals surface area contributed by atoms with E-state index in [0.29, 0.717) is 5.58 Å². The van der Waals surface area contributed by atoms with Crippen molar-refractivity contribution in [2.24, 2.45) is 0 Å². The summed E-state index contributed by atoms with van der Waals surface area (Å²) in [5, 5.41) is 3.83. The van der Waals surface area contributed by atoms with Crippen molar-refractivity contribution >= 4 is 22.8 Å². The van der Waals surface area contributed by atoms with Crippen LogP contribution in [0.2, 0.25) is 0 Å². The van der Waals surface area contributed by atoms with E-state index in [9.17, 15) is 9.59 Å². The van der Waals surface area contributed by atoms with Crippen LogP contribution in [-0.4, -0.2) is 18.0 Å². The van der Waals surface area contributed by atoms with Gasteiger partial charge in [-0.3, -0.25) is 4.79 Å². The number of hydrogen-bond acceptors (Lipinski definition) is 4. The summed E-state index contributed by atoms with van der Waals surface area (Å²) in [6, 6.07) is 17.0. The Labute approximate surface area is 157 Å². The number of aryl methyl sites for hydroxylation is 1. The van der Waals surface area contributed by atoms with E-state index in [2.05, 4.69) is 11.4 Å². The van der Waals surface area contributed by atoms with Crippen molar-refractivity contribution in [2.75, 3.05) is 0 Å². The van der Waals surface area contributed by atoms with E-state index in [1.54, 1.807) is 19.1 Å². The van der Waals surface area contributed by atoms with Crippen molar-refractivity contribution in [3.8, 4) is 0 Å².